The molecule has 19 heavy (non-hydrogen) atoms. The zero-order valence-electron chi connectivity index (χ0n) is 12.2. The summed E-state index contributed by atoms with van der Waals surface area (Å²) >= 11 is 1.92. The first kappa shape index (κ1) is 14.9. The predicted octanol–water partition coefficient (Wildman–Crippen LogP) is 2.78. The number of hydrogen-bond acceptors (Lipinski definition) is 3. The lowest BCUT2D eigenvalue weighted by Gasteiger charge is -2.18. The van der Waals surface area contributed by atoms with Crippen LogP contribution in [-0.2, 0) is 13.0 Å². The van der Waals surface area contributed by atoms with E-state index < -0.39 is 0 Å². The van der Waals surface area contributed by atoms with Crippen LogP contribution in [0.4, 0.5) is 0 Å². The van der Waals surface area contributed by atoms with Gasteiger partial charge in [-0.2, -0.15) is 11.8 Å². The molecule has 1 aromatic carbocycles. The van der Waals surface area contributed by atoms with E-state index in [1.807, 2.05) is 11.8 Å². The topological polar surface area (TPSA) is 15.3 Å². The molecule has 1 aliphatic rings. The van der Waals surface area contributed by atoms with Crippen LogP contribution < -0.4 is 5.32 Å². The Balaban J connectivity index is 1.83. The standard InChI is InChI=1S/C16H26N2S/c1-18(11-12-19-2)13-15-6-4-3-5-14(15)9-10-17-16-7-8-16/h3-6,16-17H,7-13H2,1-2H3. The van der Waals surface area contributed by atoms with E-state index in [2.05, 4.69) is 47.8 Å². The quantitative estimate of drug-likeness (QED) is 0.748. The molecule has 1 fully saturated rings. The maximum Gasteiger partial charge on any atom is 0.0233 e. The van der Waals surface area contributed by atoms with Gasteiger partial charge in [-0.1, -0.05) is 24.3 Å². The molecule has 0 radical (unpaired) electrons. The van der Waals surface area contributed by atoms with Crippen molar-refractivity contribution in [3.63, 3.8) is 0 Å². The average molecular weight is 278 g/mol. The molecule has 1 aliphatic carbocycles. The Labute approximate surface area is 122 Å². The SMILES string of the molecule is CSCCN(C)Cc1ccccc1CCNC1CC1. The number of nitrogens with zero attached hydrogens (tertiary/aromatic N) is 1. The van der Waals surface area contributed by atoms with Crippen LogP contribution in [0.25, 0.3) is 0 Å². The number of rotatable bonds is 9. The van der Waals surface area contributed by atoms with Gasteiger partial charge in [-0.3, -0.25) is 0 Å². The molecule has 106 valence electrons. The summed E-state index contributed by atoms with van der Waals surface area (Å²) in [4.78, 5) is 2.42. The molecule has 0 unspecified atom stereocenters. The summed E-state index contributed by atoms with van der Waals surface area (Å²) in [5.41, 5.74) is 3.00. The van der Waals surface area contributed by atoms with Crippen molar-refractivity contribution in [1.29, 1.82) is 0 Å². The Morgan fingerprint density at radius 3 is 2.68 bits per heavy atom. The lowest BCUT2D eigenvalue weighted by molar-refractivity contribution is 0.347. The second kappa shape index (κ2) is 7.93. The van der Waals surface area contributed by atoms with Gasteiger partial charge in [-0.15, -0.1) is 0 Å². The lowest BCUT2D eigenvalue weighted by Crippen LogP contribution is -2.23. The Morgan fingerprint density at radius 1 is 1.26 bits per heavy atom. The highest BCUT2D eigenvalue weighted by atomic mass is 32.2. The van der Waals surface area contributed by atoms with E-state index in [-0.39, 0.29) is 0 Å². The van der Waals surface area contributed by atoms with Gasteiger partial charge < -0.3 is 10.2 Å². The van der Waals surface area contributed by atoms with Crippen molar-refractivity contribution in [2.75, 3.05) is 32.1 Å². The van der Waals surface area contributed by atoms with E-state index in [1.54, 1.807) is 0 Å². The first-order valence-corrected chi connectivity index (χ1v) is 8.66. The summed E-state index contributed by atoms with van der Waals surface area (Å²) in [6.45, 7) is 3.35. The van der Waals surface area contributed by atoms with Gasteiger partial charge >= 0.3 is 0 Å². The predicted molar refractivity (Wildman–Crippen MR) is 85.9 cm³/mol. The van der Waals surface area contributed by atoms with Crippen LogP contribution in [0.1, 0.15) is 24.0 Å². The molecule has 0 aliphatic heterocycles. The lowest BCUT2D eigenvalue weighted by atomic mass is 10.0. The van der Waals surface area contributed by atoms with Crippen molar-refractivity contribution in [3.05, 3.63) is 35.4 Å². The van der Waals surface area contributed by atoms with Crippen molar-refractivity contribution < 1.29 is 0 Å². The number of benzene rings is 1. The summed E-state index contributed by atoms with van der Waals surface area (Å²) in [6, 6.07) is 9.71. The molecule has 2 rings (SSSR count). The first-order chi connectivity index (χ1) is 9.29. The Bertz CT molecular complexity index is 377. The van der Waals surface area contributed by atoms with Gasteiger partial charge in [0, 0.05) is 24.9 Å². The molecule has 0 amide bonds. The molecule has 0 spiro atoms. The molecule has 0 aromatic heterocycles. The third-order valence-corrected chi connectivity index (χ3v) is 4.23. The van der Waals surface area contributed by atoms with Crippen molar-refractivity contribution in [3.8, 4) is 0 Å². The number of nitrogens with one attached hydrogen (secondary N) is 1. The van der Waals surface area contributed by atoms with Gasteiger partial charge in [-0.25, -0.2) is 0 Å². The minimum absolute atomic E-state index is 0.816. The van der Waals surface area contributed by atoms with Crippen molar-refractivity contribution in [2.24, 2.45) is 0 Å². The van der Waals surface area contributed by atoms with Crippen molar-refractivity contribution >= 4 is 11.8 Å². The van der Waals surface area contributed by atoms with E-state index in [4.69, 9.17) is 0 Å². The minimum atomic E-state index is 0.816. The molecule has 0 atom stereocenters. The highest BCUT2D eigenvalue weighted by molar-refractivity contribution is 7.98. The molecule has 1 aromatic rings. The molecule has 3 heteroatoms. The van der Waals surface area contributed by atoms with Crippen LogP contribution in [0.15, 0.2) is 24.3 Å². The smallest absolute Gasteiger partial charge is 0.0233 e. The Morgan fingerprint density at radius 2 is 2.00 bits per heavy atom. The van der Waals surface area contributed by atoms with Gasteiger partial charge in [0.1, 0.15) is 0 Å². The molecule has 0 bridgehead atoms. The summed E-state index contributed by atoms with van der Waals surface area (Å²) < 4.78 is 0. The van der Waals surface area contributed by atoms with E-state index in [9.17, 15) is 0 Å². The Hall–Kier alpha value is -0.510. The monoisotopic (exact) mass is 278 g/mol. The van der Waals surface area contributed by atoms with Crippen LogP contribution in [0, 0.1) is 0 Å². The molecule has 2 nitrogen and oxygen atoms in total. The highest BCUT2D eigenvalue weighted by Crippen LogP contribution is 2.19. The van der Waals surface area contributed by atoms with Gasteiger partial charge in [0.15, 0.2) is 0 Å². The fourth-order valence-corrected chi connectivity index (χ4v) is 2.77. The first-order valence-electron chi connectivity index (χ1n) is 7.27. The van der Waals surface area contributed by atoms with Crippen LogP contribution in [-0.4, -0.2) is 43.1 Å². The van der Waals surface area contributed by atoms with E-state index in [0.717, 1.165) is 32.1 Å². The van der Waals surface area contributed by atoms with E-state index >= 15 is 0 Å². The fourth-order valence-electron chi connectivity index (χ4n) is 2.27. The summed E-state index contributed by atoms with van der Waals surface area (Å²) in [6.07, 6.45) is 6.08. The molecule has 1 saturated carbocycles. The van der Waals surface area contributed by atoms with Gasteiger partial charge in [0.25, 0.3) is 0 Å². The zero-order valence-corrected chi connectivity index (χ0v) is 13.0. The second-order valence-electron chi connectivity index (χ2n) is 5.48. The van der Waals surface area contributed by atoms with Crippen molar-refractivity contribution in [2.45, 2.75) is 31.8 Å². The van der Waals surface area contributed by atoms with Gasteiger partial charge in [0.05, 0.1) is 0 Å². The normalized spacial score (nSPS) is 15.1. The molecular formula is C16H26N2S. The number of thioether (sulfide) groups is 1. The molecule has 0 heterocycles. The van der Waals surface area contributed by atoms with Crippen LogP contribution >= 0.6 is 11.8 Å². The van der Waals surface area contributed by atoms with Crippen LogP contribution in [0.3, 0.4) is 0 Å². The van der Waals surface area contributed by atoms with Gasteiger partial charge in [0.2, 0.25) is 0 Å². The second-order valence-corrected chi connectivity index (χ2v) is 6.46. The summed E-state index contributed by atoms with van der Waals surface area (Å²) in [5, 5.41) is 3.60. The molecule has 0 saturated heterocycles. The Kier molecular flexibility index (Phi) is 6.21. The maximum atomic E-state index is 3.60. The summed E-state index contributed by atoms with van der Waals surface area (Å²) in [7, 11) is 2.22. The zero-order chi connectivity index (χ0) is 13.5. The van der Waals surface area contributed by atoms with Crippen molar-refractivity contribution in [1.82, 2.24) is 10.2 Å². The third-order valence-electron chi connectivity index (χ3n) is 3.64. The summed E-state index contributed by atoms with van der Waals surface area (Å²) in [5.74, 6) is 1.21. The minimum Gasteiger partial charge on any atom is -0.314 e. The highest BCUT2D eigenvalue weighted by Gasteiger charge is 2.19. The van der Waals surface area contributed by atoms with E-state index in [0.29, 0.717) is 0 Å². The molecular weight excluding hydrogens is 252 g/mol. The van der Waals surface area contributed by atoms with Crippen LogP contribution in [0.5, 0.6) is 0 Å². The maximum absolute atomic E-state index is 3.60. The van der Waals surface area contributed by atoms with Crippen LogP contribution in [0.2, 0.25) is 0 Å². The van der Waals surface area contributed by atoms with E-state index in [1.165, 1.54) is 29.7 Å². The fraction of sp³-hybridized carbons (Fsp3) is 0.625. The average Bonchev–Trinajstić information content (AvgIpc) is 3.22. The number of hydrogen-bond donors (Lipinski definition) is 1. The largest absolute Gasteiger partial charge is 0.314 e. The van der Waals surface area contributed by atoms with Gasteiger partial charge in [-0.05, 0) is 50.2 Å². The third kappa shape index (κ3) is 5.55. The molecule has 1 N–H and O–H groups in total.